The van der Waals surface area contributed by atoms with E-state index in [4.69, 9.17) is 17.0 Å². The predicted octanol–water partition coefficient (Wildman–Crippen LogP) is 4.48. The molecule has 1 fully saturated rings. The van der Waals surface area contributed by atoms with E-state index in [1.165, 1.54) is 17.7 Å². The van der Waals surface area contributed by atoms with Gasteiger partial charge in [0.25, 0.3) is 0 Å². The SMILES string of the molecule is CC(C)c1ccc(NC(=S)N(CCN2CCOCC2)Cc2ccc(F)cc2)cc1. The third kappa shape index (κ3) is 6.77. The number of hydrogen-bond acceptors (Lipinski definition) is 3. The van der Waals surface area contributed by atoms with Gasteiger partial charge in [0, 0.05) is 38.4 Å². The molecule has 0 aromatic heterocycles. The van der Waals surface area contributed by atoms with Gasteiger partial charge in [0.05, 0.1) is 13.2 Å². The Morgan fingerprint density at radius 2 is 1.76 bits per heavy atom. The number of anilines is 1. The molecule has 1 heterocycles. The van der Waals surface area contributed by atoms with Gasteiger partial charge in [-0.2, -0.15) is 0 Å². The van der Waals surface area contributed by atoms with Gasteiger partial charge >= 0.3 is 0 Å². The summed E-state index contributed by atoms with van der Waals surface area (Å²) in [6.45, 7) is 10.2. The highest BCUT2D eigenvalue weighted by Crippen LogP contribution is 2.18. The number of thiocarbonyl (C=S) groups is 1. The number of hydrogen-bond donors (Lipinski definition) is 1. The van der Waals surface area contributed by atoms with Crippen molar-refractivity contribution in [1.29, 1.82) is 0 Å². The zero-order valence-corrected chi connectivity index (χ0v) is 18.1. The predicted molar refractivity (Wildman–Crippen MR) is 121 cm³/mol. The summed E-state index contributed by atoms with van der Waals surface area (Å²) in [5.41, 5.74) is 3.32. The number of halogens is 1. The molecule has 0 aliphatic carbocycles. The first-order valence-electron chi connectivity index (χ1n) is 10.2. The van der Waals surface area contributed by atoms with Gasteiger partial charge in [-0.05, 0) is 53.5 Å². The van der Waals surface area contributed by atoms with Crippen molar-refractivity contribution in [2.75, 3.05) is 44.7 Å². The molecule has 1 N–H and O–H groups in total. The molecule has 6 heteroatoms. The van der Waals surface area contributed by atoms with Gasteiger partial charge in [-0.1, -0.05) is 38.1 Å². The smallest absolute Gasteiger partial charge is 0.173 e. The van der Waals surface area contributed by atoms with E-state index in [0.29, 0.717) is 17.6 Å². The lowest BCUT2D eigenvalue weighted by atomic mass is 10.0. The van der Waals surface area contributed by atoms with E-state index in [2.05, 4.69) is 53.2 Å². The minimum absolute atomic E-state index is 0.223. The number of benzene rings is 2. The molecular weight excluding hydrogens is 385 g/mol. The Kier molecular flexibility index (Phi) is 7.98. The highest BCUT2D eigenvalue weighted by atomic mass is 32.1. The molecule has 1 saturated heterocycles. The zero-order chi connectivity index (χ0) is 20.6. The average Bonchev–Trinajstić information content (AvgIpc) is 2.73. The summed E-state index contributed by atoms with van der Waals surface area (Å²) < 4.78 is 18.7. The Morgan fingerprint density at radius 1 is 1.10 bits per heavy atom. The molecule has 0 unspecified atom stereocenters. The zero-order valence-electron chi connectivity index (χ0n) is 17.2. The Hall–Kier alpha value is -2.02. The Balaban J connectivity index is 1.66. The minimum atomic E-state index is -0.223. The molecule has 0 spiro atoms. The maximum Gasteiger partial charge on any atom is 0.173 e. The van der Waals surface area contributed by atoms with Gasteiger partial charge < -0.3 is 15.0 Å². The second-order valence-electron chi connectivity index (χ2n) is 7.71. The third-order valence-corrected chi connectivity index (χ3v) is 5.55. The molecule has 2 aromatic carbocycles. The van der Waals surface area contributed by atoms with Gasteiger partial charge in [-0.15, -0.1) is 0 Å². The van der Waals surface area contributed by atoms with Crippen LogP contribution in [0.3, 0.4) is 0 Å². The van der Waals surface area contributed by atoms with E-state index in [-0.39, 0.29) is 5.82 Å². The van der Waals surface area contributed by atoms with Crippen LogP contribution in [0.4, 0.5) is 10.1 Å². The topological polar surface area (TPSA) is 27.7 Å². The Bertz CT molecular complexity index is 774. The molecule has 0 radical (unpaired) electrons. The lowest BCUT2D eigenvalue weighted by Gasteiger charge is -2.31. The van der Waals surface area contributed by atoms with E-state index >= 15 is 0 Å². The number of morpholine rings is 1. The summed E-state index contributed by atoms with van der Waals surface area (Å²) in [7, 11) is 0. The highest BCUT2D eigenvalue weighted by Gasteiger charge is 2.15. The van der Waals surface area contributed by atoms with Crippen molar-refractivity contribution in [3.8, 4) is 0 Å². The van der Waals surface area contributed by atoms with E-state index < -0.39 is 0 Å². The monoisotopic (exact) mass is 415 g/mol. The van der Waals surface area contributed by atoms with Crippen LogP contribution in [0.1, 0.15) is 30.9 Å². The summed E-state index contributed by atoms with van der Waals surface area (Å²) in [6.07, 6.45) is 0. The van der Waals surface area contributed by atoms with Crippen LogP contribution in [0.5, 0.6) is 0 Å². The second-order valence-corrected chi connectivity index (χ2v) is 8.10. The van der Waals surface area contributed by atoms with Crippen LogP contribution in [0.15, 0.2) is 48.5 Å². The quantitative estimate of drug-likeness (QED) is 0.673. The van der Waals surface area contributed by atoms with Crippen LogP contribution in [0, 0.1) is 5.82 Å². The van der Waals surface area contributed by atoms with Crippen LogP contribution in [-0.2, 0) is 11.3 Å². The van der Waals surface area contributed by atoms with Gasteiger partial charge in [0.2, 0.25) is 0 Å². The molecule has 1 aliphatic rings. The largest absolute Gasteiger partial charge is 0.379 e. The fourth-order valence-electron chi connectivity index (χ4n) is 3.30. The maximum atomic E-state index is 13.3. The lowest BCUT2D eigenvalue weighted by Crippen LogP contribution is -2.43. The lowest BCUT2D eigenvalue weighted by molar-refractivity contribution is 0.0358. The van der Waals surface area contributed by atoms with Crippen molar-refractivity contribution in [3.05, 3.63) is 65.5 Å². The molecule has 0 bridgehead atoms. The number of ether oxygens (including phenoxy) is 1. The molecular formula is C23H30FN3OS. The summed E-state index contributed by atoms with van der Waals surface area (Å²) >= 11 is 5.73. The van der Waals surface area contributed by atoms with E-state index in [0.717, 1.165) is 50.6 Å². The fraction of sp³-hybridized carbons (Fsp3) is 0.435. The summed E-state index contributed by atoms with van der Waals surface area (Å²) in [4.78, 5) is 4.54. The van der Waals surface area contributed by atoms with Gasteiger partial charge in [0.15, 0.2) is 5.11 Å². The van der Waals surface area contributed by atoms with E-state index in [9.17, 15) is 4.39 Å². The van der Waals surface area contributed by atoms with E-state index in [1.54, 1.807) is 0 Å². The fourth-order valence-corrected chi connectivity index (χ4v) is 3.58. The molecule has 4 nitrogen and oxygen atoms in total. The third-order valence-electron chi connectivity index (χ3n) is 5.19. The molecule has 0 amide bonds. The minimum Gasteiger partial charge on any atom is -0.379 e. The number of nitrogens with one attached hydrogen (secondary N) is 1. The van der Waals surface area contributed by atoms with Crippen LogP contribution in [0.2, 0.25) is 0 Å². The van der Waals surface area contributed by atoms with Gasteiger partial charge in [0.1, 0.15) is 5.82 Å². The summed E-state index contributed by atoms with van der Waals surface area (Å²) in [5.74, 6) is 0.277. The van der Waals surface area contributed by atoms with Crippen molar-refractivity contribution in [2.45, 2.75) is 26.3 Å². The van der Waals surface area contributed by atoms with Crippen LogP contribution >= 0.6 is 12.2 Å². The molecule has 0 saturated carbocycles. The van der Waals surface area contributed by atoms with Crippen molar-refractivity contribution in [2.24, 2.45) is 0 Å². The Labute approximate surface area is 178 Å². The van der Waals surface area contributed by atoms with E-state index in [1.807, 2.05) is 12.1 Å². The maximum absolute atomic E-state index is 13.3. The number of rotatable bonds is 7. The summed E-state index contributed by atoms with van der Waals surface area (Å²) in [5, 5.41) is 4.05. The molecule has 0 atom stereocenters. The first-order chi connectivity index (χ1) is 14.0. The van der Waals surface area contributed by atoms with Crippen molar-refractivity contribution in [1.82, 2.24) is 9.80 Å². The van der Waals surface area contributed by atoms with Gasteiger partial charge in [-0.25, -0.2) is 4.39 Å². The van der Waals surface area contributed by atoms with Crippen LogP contribution in [0.25, 0.3) is 0 Å². The molecule has 156 valence electrons. The molecule has 3 rings (SSSR count). The highest BCUT2D eigenvalue weighted by molar-refractivity contribution is 7.80. The van der Waals surface area contributed by atoms with Crippen molar-refractivity contribution < 1.29 is 9.13 Å². The number of nitrogens with zero attached hydrogens (tertiary/aromatic N) is 2. The van der Waals surface area contributed by atoms with Crippen LogP contribution in [-0.4, -0.2) is 54.3 Å². The molecule has 29 heavy (non-hydrogen) atoms. The normalized spacial score (nSPS) is 14.8. The van der Waals surface area contributed by atoms with Crippen molar-refractivity contribution >= 4 is 23.0 Å². The average molecular weight is 416 g/mol. The Morgan fingerprint density at radius 3 is 2.38 bits per heavy atom. The van der Waals surface area contributed by atoms with Gasteiger partial charge in [-0.3, -0.25) is 4.90 Å². The first kappa shape index (κ1) is 21.7. The first-order valence-corrected chi connectivity index (χ1v) is 10.6. The molecule has 1 aliphatic heterocycles. The van der Waals surface area contributed by atoms with Crippen LogP contribution < -0.4 is 5.32 Å². The van der Waals surface area contributed by atoms with Crippen molar-refractivity contribution in [3.63, 3.8) is 0 Å². The standard InChI is InChI=1S/C23H30FN3OS/c1-18(2)20-5-9-22(10-6-20)25-23(29)27(12-11-26-13-15-28-16-14-26)17-19-3-7-21(24)8-4-19/h3-10,18H,11-17H2,1-2H3,(H,25,29). The summed E-state index contributed by atoms with van der Waals surface area (Å²) in [6, 6.07) is 15.0. The molecule has 2 aromatic rings. The second kappa shape index (κ2) is 10.7.